The minimum atomic E-state index is -1.36. The monoisotopic (exact) mass is 417 g/mol. The lowest BCUT2D eigenvalue weighted by atomic mass is 10.0. The van der Waals surface area contributed by atoms with E-state index in [0.29, 0.717) is 16.6 Å². The smallest absolute Gasteiger partial charge is 0.449 e. The second-order valence-corrected chi connectivity index (χ2v) is 7.53. The van der Waals surface area contributed by atoms with Crippen LogP contribution in [0.15, 0.2) is 59.3 Å². The molecule has 0 aliphatic rings. The standard InChI is InChI=1S/C20H13Cl2NO3S/c21-16-5-4-12(8-17(16)22)10-23-18-3-1-2-14(13-6-7-27-11-13)15(18)9-19(23)26-20(24)25/h1-9,11H,10H2,(H,24,25). The van der Waals surface area contributed by atoms with Crippen molar-refractivity contribution in [3.63, 3.8) is 0 Å². The first-order chi connectivity index (χ1) is 13.0. The molecule has 0 saturated carbocycles. The maximum absolute atomic E-state index is 11.2. The van der Waals surface area contributed by atoms with Crippen LogP contribution in [0.1, 0.15) is 5.56 Å². The summed E-state index contributed by atoms with van der Waals surface area (Å²) in [5.41, 5.74) is 3.87. The highest BCUT2D eigenvalue weighted by molar-refractivity contribution is 7.08. The zero-order chi connectivity index (χ0) is 19.0. The SMILES string of the molecule is O=C(O)Oc1cc2c(-c3ccsc3)cccc2n1Cc1ccc(Cl)c(Cl)c1. The number of hydrogen-bond acceptors (Lipinski definition) is 3. The molecule has 0 bridgehead atoms. The Hall–Kier alpha value is -2.47. The number of aromatic nitrogens is 1. The predicted molar refractivity (Wildman–Crippen MR) is 109 cm³/mol. The zero-order valence-corrected chi connectivity index (χ0v) is 16.2. The maximum atomic E-state index is 11.2. The summed E-state index contributed by atoms with van der Waals surface area (Å²) < 4.78 is 6.87. The Morgan fingerprint density at radius 1 is 1.11 bits per heavy atom. The summed E-state index contributed by atoms with van der Waals surface area (Å²) >= 11 is 13.7. The van der Waals surface area contributed by atoms with E-state index in [1.54, 1.807) is 29.5 Å². The van der Waals surface area contributed by atoms with Gasteiger partial charge in [-0.25, -0.2) is 4.79 Å². The minimum absolute atomic E-state index is 0.256. The highest BCUT2D eigenvalue weighted by atomic mass is 35.5. The lowest BCUT2D eigenvalue weighted by Gasteiger charge is -2.11. The molecule has 0 atom stereocenters. The van der Waals surface area contributed by atoms with E-state index in [-0.39, 0.29) is 5.88 Å². The molecule has 2 heterocycles. The van der Waals surface area contributed by atoms with E-state index in [1.807, 2.05) is 40.3 Å². The number of thiophene rings is 1. The highest BCUT2D eigenvalue weighted by Crippen LogP contribution is 2.35. The molecule has 27 heavy (non-hydrogen) atoms. The van der Waals surface area contributed by atoms with Crippen molar-refractivity contribution in [2.24, 2.45) is 0 Å². The molecule has 7 heteroatoms. The van der Waals surface area contributed by atoms with E-state index < -0.39 is 6.16 Å². The number of ether oxygens (including phenoxy) is 1. The van der Waals surface area contributed by atoms with Crippen molar-refractivity contribution >= 4 is 51.6 Å². The number of fused-ring (bicyclic) bond motifs is 1. The number of halogens is 2. The van der Waals surface area contributed by atoms with Crippen LogP contribution in [0.2, 0.25) is 10.0 Å². The van der Waals surface area contributed by atoms with Gasteiger partial charge in [-0.1, -0.05) is 41.4 Å². The number of carbonyl (C=O) groups is 1. The third-order valence-corrected chi connectivity index (χ3v) is 5.68. The van der Waals surface area contributed by atoms with Crippen LogP contribution in [0.4, 0.5) is 4.79 Å². The van der Waals surface area contributed by atoms with Gasteiger partial charge < -0.3 is 14.4 Å². The molecule has 0 unspecified atom stereocenters. The third kappa shape index (κ3) is 3.54. The number of carboxylic acid groups (broad SMARTS) is 1. The van der Waals surface area contributed by atoms with Gasteiger partial charge in [0.05, 0.1) is 22.1 Å². The Balaban J connectivity index is 1.87. The molecule has 0 fully saturated rings. The van der Waals surface area contributed by atoms with Gasteiger partial charge in [0.15, 0.2) is 0 Å². The molecule has 4 rings (SSSR count). The summed E-state index contributed by atoms with van der Waals surface area (Å²) in [5, 5.41) is 15.1. The van der Waals surface area contributed by atoms with Crippen LogP contribution >= 0.6 is 34.5 Å². The summed E-state index contributed by atoms with van der Waals surface area (Å²) in [6.07, 6.45) is -1.36. The van der Waals surface area contributed by atoms with Crippen molar-refractivity contribution in [1.82, 2.24) is 4.57 Å². The second kappa shape index (κ2) is 7.27. The van der Waals surface area contributed by atoms with E-state index in [4.69, 9.17) is 33.0 Å². The molecule has 2 aromatic carbocycles. The van der Waals surface area contributed by atoms with Crippen molar-refractivity contribution in [3.05, 3.63) is 74.9 Å². The van der Waals surface area contributed by atoms with Gasteiger partial charge in [-0.15, -0.1) is 0 Å². The van der Waals surface area contributed by atoms with Crippen molar-refractivity contribution in [2.45, 2.75) is 6.54 Å². The molecular formula is C20H13Cl2NO3S. The van der Waals surface area contributed by atoms with Crippen LogP contribution in [0.3, 0.4) is 0 Å². The largest absolute Gasteiger partial charge is 0.512 e. The van der Waals surface area contributed by atoms with Crippen LogP contribution in [-0.2, 0) is 6.54 Å². The topological polar surface area (TPSA) is 51.5 Å². The Labute approximate surface area is 169 Å². The normalized spacial score (nSPS) is 11.0. The first-order valence-electron chi connectivity index (χ1n) is 8.02. The van der Waals surface area contributed by atoms with Crippen LogP contribution in [-0.4, -0.2) is 15.8 Å². The number of hydrogen-bond donors (Lipinski definition) is 1. The minimum Gasteiger partial charge on any atom is -0.449 e. The molecule has 4 nitrogen and oxygen atoms in total. The van der Waals surface area contributed by atoms with Crippen LogP contribution in [0.5, 0.6) is 5.88 Å². The van der Waals surface area contributed by atoms with Gasteiger partial charge in [0, 0.05) is 11.5 Å². The Kier molecular flexibility index (Phi) is 4.83. The lowest BCUT2D eigenvalue weighted by molar-refractivity contribution is 0.141. The van der Waals surface area contributed by atoms with Crippen LogP contribution in [0, 0.1) is 0 Å². The summed E-state index contributed by atoms with van der Waals surface area (Å²) in [4.78, 5) is 11.2. The van der Waals surface area contributed by atoms with Gasteiger partial charge in [0.1, 0.15) is 0 Å². The fraction of sp³-hybridized carbons (Fsp3) is 0.0500. The van der Waals surface area contributed by atoms with Gasteiger partial charge in [-0.3, -0.25) is 0 Å². The third-order valence-electron chi connectivity index (χ3n) is 4.26. The Bertz CT molecular complexity index is 1140. The average molecular weight is 418 g/mol. The Morgan fingerprint density at radius 3 is 2.67 bits per heavy atom. The second-order valence-electron chi connectivity index (χ2n) is 5.94. The average Bonchev–Trinajstić information content (AvgIpc) is 3.26. The quantitative estimate of drug-likeness (QED) is 0.372. The van der Waals surface area contributed by atoms with Gasteiger partial charge >= 0.3 is 6.16 Å². The summed E-state index contributed by atoms with van der Waals surface area (Å²) in [5.74, 6) is 0.256. The van der Waals surface area contributed by atoms with E-state index >= 15 is 0 Å². The molecular weight excluding hydrogens is 405 g/mol. The first kappa shape index (κ1) is 17.9. The van der Waals surface area contributed by atoms with Gasteiger partial charge in [-0.05, 0) is 51.7 Å². The van der Waals surface area contributed by atoms with Gasteiger partial charge in [-0.2, -0.15) is 11.3 Å². The first-order valence-corrected chi connectivity index (χ1v) is 9.72. The van der Waals surface area contributed by atoms with Crippen molar-refractivity contribution in [1.29, 1.82) is 0 Å². The number of nitrogens with zero attached hydrogens (tertiary/aromatic N) is 1. The van der Waals surface area contributed by atoms with Crippen molar-refractivity contribution in [2.75, 3.05) is 0 Å². The van der Waals surface area contributed by atoms with E-state index in [0.717, 1.165) is 27.6 Å². The predicted octanol–water partition coefficient (Wildman–Crippen LogP) is 6.78. The molecule has 0 spiro atoms. The number of benzene rings is 2. The molecule has 0 saturated heterocycles. The molecule has 0 aliphatic carbocycles. The van der Waals surface area contributed by atoms with E-state index in [9.17, 15) is 4.79 Å². The van der Waals surface area contributed by atoms with Crippen molar-refractivity contribution < 1.29 is 14.6 Å². The molecule has 0 aliphatic heterocycles. The van der Waals surface area contributed by atoms with Crippen molar-refractivity contribution in [3.8, 4) is 17.0 Å². The van der Waals surface area contributed by atoms with Gasteiger partial charge in [0.25, 0.3) is 0 Å². The van der Waals surface area contributed by atoms with Crippen LogP contribution < -0.4 is 4.74 Å². The fourth-order valence-electron chi connectivity index (χ4n) is 3.09. The molecule has 136 valence electrons. The fourth-order valence-corrected chi connectivity index (χ4v) is 4.06. The molecule has 0 amide bonds. The summed E-state index contributed by atoms with van der Waals surface area (Å²) in [6, 6.07) is 15.0. The van der Waals surface area contributed by atoms with E-state index in [1.165, 1.54) is 0 Å². The highest BCUT2D eigenvalue weighted by Gasteiger charge is 2.16. The zero-order valence-electron chi connectivity index (χ0n) is 13.9. The van der Waals surface area contributed by atoms with Crippen LogP contribution in [0.25, 0.3) is 22.0 Å². The lowest BCUT2D eigenvalue weighted by Crippen LogP contribution is -2.09. The summed E-state index contributed by atoms with van der Waals surface area (Å²) in [6.45, 7) is 0.399. The van der Waals surface area contributed by atoms with E-state index in [2.05, 4.69) is 5.38 Å². The molecule has 1 N–H and O–H groups in total. The molecule has 2 aromatic heterocycles. The maximum Gasteiger partial charge on any atom is 0.512 e. The van der Waals surface area contributed by atoms with Gasteiger partial charge in [0.2, 0.25) is 5.88 Å². The molecule has 4 aromatic rings. The Morgan fingerprint density at radius 2 is 1.96 bits per heavy atom. The number of rotatable bonds is 4. The molecule has 0 radical (unpaired) electrons. The summed E-state index contributed by atoms with van der Waals surface area (Å²) in [7, 11) is 0.